The highest BCUT2D eigenvalue weighted by atomic mass is 35.5. The highest BCUT2D eigenvalue weighted by Gasteiger charge is 2.52. The molecule has 3 rings (SSSR count). The molecule has 0 aromatic heterocycles. The second-order valence-corrected chi connectivity index (χ2v) is 4.54. The molecule has 2 aliphatic rings. The van der Waals surface area contributed by atoms with Crippen LogP contribution >= 0.6 is 11.6 Å². The molecule has 0 bridgehead atoms. The number of ether oxygens (including phenoxy) is 1. The van der Waals surface area contributed by atoms with Gasteiger partial charge in [-0.25, -0.2) is 0 Å². The predicted octanol–water partition coefficient (Wildman–Crippen LogP) is 2.45. The van der Waals surface area contributed by atoms with Crippen molar-refractivity contribution in [2.24, 2.45) is 5.41 Å². The third-order valence-corrected chi connectivity index (χ3v) is 3.37. The number of amides is 1. The summed E-state index contributed by atoms with van der Waals surface area (Å²) in [5.41, 5.74) is 0.315. The molecule has 1 aliphatic carbocycles. The van der Waals surface area contributed by atoms with Gasteiger partial charge in [-0.15, -0.1) is 0 Å². The first-order valence-electron chi connectivity index (χ1n) is 4.94. The molecule has 1 spiro atoms. The monoisotopic (exact) mass is 223 g/mol. The Morgan fingerprint density at radius 1 is 1.40 bits per heavy atom. The molecule has 1 aromatic carbocycles. The van der Waals surface area contributed by atoms with Crippen molar-refractivity contribution in [1.82, 2.24) is 0 Å². The van der Waals surface area contributed by atoms with Crippen LogP contribution in [0.3, 0.4) is 0 Å². The summed E-state index contributed by atoms with van der Waals surface area (Å²) in [6.07, 6.45) is 1.81. The van der Waals surface area contributed by atoms with Crippen LogP contribution in [0.15, 0.2) is 18.2 Å². The molecule has 78 valence electrons. The molecule has 4 heteroatoms. The Morgan fingerprint density at radius 3 is 2.93 bits per heavy atom. The number of benzene rings is 1. The van der Waals surface area contributed by atoms with Gasteiger partial charge in [0.25, 0.3) is 0 Å². The number of anilines is 1. The third kappa shape index (κ3) is 1.30. The Kier molecular flexibility index (Phi) is 1.74. The van der Waals surface area contributed by atoms with Crippen molar-refractivity contribution in [3.05, 3.63) is 23.2 Å². The maximum Gasteiger partial charge on any atom is 0.234 e. The summed E-state index contributed by atoms with van der Waals surface area (Å²) < 4.78 is 5.61. The van der Waals surface area contributed by atoms with Gasteiger partial charge in [0.15, 0.2) is 0 Å². The molecule has 1 N–H and O–H groups in total. The average molecular weight is 224 g/mol. The minimum Gasteiger partial charge on any atom is -0.490 e. The lowest BCUT2D eigenvalue weighted by atomic mass is 10.1. The van der Waals surface area contributed by atoms with Gasteiger partial charge in [0.2, 0.25) is 5.91 Å². The standard InChI is InChI=1S/C11H10ClNO2/c12-7-2-1-3-8-9(7)13-10(14)11(4-5-11)6-15-8/h1-3H,4-6H2,(H,13,14). The fourth-order valence-electron chi connectivity index (χ4n) is 1.80. The zero-order chi connectivity index (χ0) is 10.5. The smallest absolute Gasteiger partial charge is 0.234 e. The highest BCUT2D eigenvalue weighted by Crippen LogP contribution is 2.50. The second kappa shape index (κ2) is 2.89. The van der Waals surface area contributed by atoms with Gasteiger partial charge in [-0.3, -0.25) is 4.79 Å². The maximum absolute atomic E-state index is 11.9. The number of hydrogen-bond acceptors (Lipinski definition) is 2. The molecular weight excluding hydrogens is 214 g/mol. The van der Waals surface area contributed by atoms with Gasteiger partial charge < -0.3 is 10.1 Å². The number of carbonyl (C=O) groups excluding carboxylic acids is 1. The Morgan fingerprint density at radius 2 is 2.20 bits per heavy atom. The fraction of sp³-hybridized carbons (Fsp3) is 0.364. The lowest BCUT2D eigenvalue weighted by Gasteiger charge is -2.08. The van der Waals surface area contributed by atoms with Crippen LogP contribution in [-0.4, -0.2) is 12.5 Å². The Bertz CT molecular complexity index is 440. The summed E-state index contributed by atoms with van der Waals surface area (Å²) in [6, 6.07) is 5.38. The fourth-order valence-corrected chi connectivity index (χ4v) is 2.01. The number of para-hydroxylation sites is 1. The van der Waals surface area contributed by atoms with Crippen molar-refractivity contribution in [2.45, 2.75) is 12.8 Å². The van der Waals surface area contributed by atoms with Crippen LogP contribution in [-0.2, 0) is 4.79 Å². The zero-order valence-corrected chi connectivity index (χ0v) is 8.80. The molecular formula is C11H10ClNO2. The van der Waals surface area contributed by atoms with E-state index in [0.29, 0.717) is 23.1 Å². The van der Waals surface area contributed by atoms with Crippen LogP contribution in [0.2, 0.25) is 5.02 Å². The summed E-state index contributed by atoms with van der Waals surface area (Å²) in [5.74, 6) is 0.703. The van der Waals surface area contributed by atoms with Crippen LogP contribution in [0.4, 0.5) is 5.69 Å². The van der Waals surface area contributed by atoms with Crippen LogP contribution in [0.1, 0.15) is 12.8 Å². The Balaban J connectivity index is 2.04. The van der Waals surface area contributed by atoms with Gasteiger partial charge in [0, 0.05) is 0 Å². The predicted molar refractivity (Wildman–Crippen MR) is 57.2 cm³/mol. The molecule has 1 saturated carbocycles. The first-order chi connectivity index (χ1) is 7.21. The van der Waals surface area contributed by atoms with Gasteiger partial charge in [0.05, 0.1) is 10.4 Å². The Hall–Kier alpha value is -1.22. The number of rotatable bonds is 0. The number of fused-ring (bicyclic) bond motifs is 1. The molecule has 0 atom stereocenters. The van der Waals surface area contributed by atoms with E-state index in [4.69, 9.17) is 16.3 Å². The van der Waals surface area contributed by atoms with E-state index in [1.807, 2.05) is 12.1 Å². The molecule has 15 heavy (non-hydrogen) atoms. The van der Waals surface area contributed by atoms with Crippen molar-refractivity contribution in [3.8, 4) is 5.75 Å². The lowest BCUT2D eigenvalue weighted by molar-refractivity contribution is -0.121. The number of nitrogens with one attached hydrogen (secondary N) is 1. The van der Waals surface area contributed by atoms with Crippen molar-refractivity contribution in [1.29, 1.82) is 0 Å². The van der Waals surface area contributed by atoms with E-state index in [2.05, 4.69) is 5.32 Å². The zero-order valence-electron chi connectivity index (χ0n) is 8.05. The third-order valence-electron chi connectivity index (χ3n) is 3.05. The summed E-state index contributed by atoms with van der Waals surface area (Å²) in [4.78, 5) is 11.9. The van der Waals surface area contributed by atoms with Gasteiger partial charge in [-0.1, -0.05) is 17.7 Å². The highest BCUT2D eigenvalue weighted by molar-refractivity contribution is 6.34. The Labute approximate surface area is 92.4 Å². The number of carbonyl (C=O) groups is 1. The summed E-state index contributed by atoms with van der Waals surface area (Å²) >= 11 is 6.00. The average Bonchev–Trinajstić information content (AvgIpc) is 3.00. The number of halogens is 1. The van der Waals surface area contributed by atoms with E-state index in [-0.39, 0.29) is 11.3 Å². The van der Waals surface area contributed by atoms with Crippen LogP contribution in [0, 0.1) is 5.41 Å². The molecule has 1 aromatic rings. The lowest BCUT2D eigenvalue weighted by Crippen LogP contribution is -2.26. The largest absolute Gasteiger partial charge is 0.490 e. The van der Waals surface area contributed by atoms with E-state index < -0.39 is 0 Å². The quantitative estimate of drug-likeness (QED) is 0.734. The molecule has 3 nitrogen and oxygen atoms in total. The van der Waals surface area contributed by atoms with Crippen LogP contribution in [0.25, 0.3) is 0 Å². The van der Waals surface area contributed by atoms with Crippen LogP contribution in [0.5, 0.6) is 5.75 Å². The van der Waals surface area contributed by atoms with E-state index in [0.717, 1.165) is 12.8 Å². The van der Waals surface area contributed by atoms with Crippen molar-refractivity contribution in [3.63, 3.8) is 0 Å². The molecule has 1 aliphatic heterocycles. The maximum atomic E-state index is 11.9. The molecule has 1 fully saturated rings. The molecule has 1 amide bonds. The van der Waals surface area contributed by atoms with E-state index in [1.54, 1.807) is 6.07 Å². The topological polar surface area (TPSA) is 38.3 Å². The minimum absolute atomic E-state index is 0.0364. The summed E-state index contributed by atoms with van der Waals surface area (Å²) in [7, 11) is 0. The van der Waals surface area contributed by atoms with Crippen molar-refractivity contribution >= 4 is 23.2 Å². The molecule has 0 unspecified atom stereocenters. The van der Waals surface area contributed by atoms with Crippen LogP contribution < -0.4 is 10.1 Å². The second-order valence-electron chi connectivity index (χ2n) is 4.14. The van der Waals surface area contributed by atoms with Crippen molar-refractivity contribution in [2.75, 3.05) is 11.9 Å². The first kappa shape index (κ1) is 9.04. The van der Waals surface area contributed by atoms with E-state index >= 15 is 0 Å². The van der Waals surface area contributed by atoms with Gasteiger partial charge in [-0.05, 0) is 25.0 Å². The number of hydrogen-bond donors (Lipinski definition) is 1. The van der Waals surface area contributed by atoms with Gasteiger partial charge in [-0.2, -0.15) is 0 Å². The van der Waals surface area contributed by atoms with Gasteiger partial charge in [0.1, 0.15) is 18.0 Å². The normalized spacial score (nSPS) is 21.3. The molecule has 1 heterocycles. The van der Waals surface area contributed by atoms with E-state index in [1.165, 1.54) is 0 Å². The SMILES string of the molecule is O=C1Nc2c(Cl)cccc2OCC12CC2. The first-order valence-corrected chi connectivity index (χ1v) is 5.32. The molecule has 0 radical (unpaired) electrons. The molecule has 0 saturated heterocycles. The van der Waals surface area contributed by atoms with Gasteiger partial charge >= 0.3 is 0 Å². The summed E-state index contributed by atoms with van der Waals surface area (Å²) in [6.45, 7) is 0.464. The van der Waals surface area contributed by atoms with E-state index in [9.17, 15) is 4.79 Å². The van der Waals surface area contributed by atoms with Crippen molar-refractivity contribution < 1.29 is 9.53 Å². The summed E-state index contributed by atoms with van der Waals surface area (Å²) in [5, 5.41) is 3.37. The minimum atomic E-state index is -0.289.